The van der Waals surface area contributed by atoms with Crippen LogP contribution in [0.3, 0.4) is 0 Å². The van der Waals surface area contributed by atoms with Gasteiger partial charge in [-0.25, -0.2) is 4.79 Å². The van der Waals surface area contributed by atoms with Crippen molar-refractivity contribution in [1.82, 2.24) is 23.9 Å². The largest absolute Gasteiger partial charge is 0.373 e. The quantitative estimate of drug-likeness (QED) is 0.733. The van der Waals surface area contributed by atoms with E-state index in [2.05, 4.69) is 19.0 Å². The van der Waals surface area contributed by atoms with Crippen LogP contribution in [0.25, 0.3) is 11.0 Å². The molecule has 0 spiro atoms. The molecule has 0 bridgehead atoms. The number of fused-ring (bicyclic) bond motifs is 1. The molecule has 3 heterocycles. The highest BCUT2D eigenvalue weighted by Gasteiger charge is 2.23. The topological polar surface area (TPSA) is 80.2 Å². The molecule has 27 heavy (non-hydrogen) atoms. The molecule has 2 amide bonds. The number of amides is 2. The molecule has 4 rings (SSSR count). The molecule has 1 N–H and O–H groups in total. The van der Waals surface area contributed by atoms with E-state index >= 15 is 0 Å². The van der Waals surface area contributed by atoms with Crippen LogP contribution in [-0.2, 0) is 17.9 Å². The number of aromatic nitrogens is 3. The first-order valence-corrected chi connectivity index (χ1v) is 9.75. The monoisotopic (exact) mass is 383 g/mol. The lowest BCUT2D eigenvalue weighted by atomic mass is 10.1. The van der Waals surface area contributed by atoms with Crippen LogP contribution in [0.15, 0.2) is 42.7 Å². The van der Waals surface area contributed by atoms with Gasteiger partial charge in [-0.3, -0.25) is 4.98 Å². The summed E-state index contributed by atoms with van der Waals surface area (Å²) >= 11 is 1.20. The second-order valence-electron chi connectivity index (χ2n) is 6.60. The predicted octanol–water partition coefficient (Wildman–Crippen LogP) is 2.98. The van der Waals surface area contributed by atoms with E-state index in [9.17, 15) is 4.79 Å². The predicted molar refractivity (Wildman–Crippen MR) is 103 cm³/mol. The van der Waals surface area contributed by atoms with Crippen molar-refractivity contribution in [3.63, 3.8) is 0 Å². The highest BCUT2D eigenvalue weighted by atomic mass is 32.1. The standard InChI is InChI=1S/C19H21N5O2S/c25-19(21-12-14-3-4-17-18(10-14)23-27-22-17)24-8-5-16(6-9-24)26-13-15-2-1-7-20-11-15/h1-4,7,10-11,16H,5-6,8-9,12-13H2,(H,21,25). The summed E-state index contributed by atoms with van der Waals surface area (Å²) in [5.41, 5.74) is 3.87. The van der Waals surface area contributed by atoms with Crippen molar-refractivity contribution in [3.05, 3.63) is 53.9 Å². The summed E-state index contributed by atoms with van der Waals surface area (Å²) in [7, 11) is 0. The SMILES string of the molecule is O=C(NCc1ccc2nsnc2c1)N1CCC(OCc2cccnc2)CC1. The number of hydrogen-bond acceptors (Lipinski definition) is 6. The fraction of sp³-hybridized carbons (Fsp3) is 0.368. The first-order valence-electron chi connectivity index (χ1n) is 9.02. The fourth-order valence-electron chi connectivity index (χ4n) is 3.15. The molecule has 1 aliphatic rings. The van der Waals surface area contributed by atoms with Crippen LogP contribution in [0.2, 0.25) is 0 Å². The van der Waals surface area contributed by atoms with Gasteiger partial charge in [0.05, 0.1) is 24.4 Å². The van der Waals surface area contributed by atoms with Gasteiger partial charge in [-0.2, -0.15) is 8.75 Å². The normalized spacial score (nSPS) is 15.2. The maximum absolute atomic E-state index is 12.4. The van der Waals surface area contributed by atoms with Crippen LogP contribution in [0.5, 0.6) is 0 Å². The Morgan fingerprint density at radius 3 is 2.85 bits per heavy atom. The van der Waals surface area contributed by atoms with Gasteiger partial charge in [0, 0.05) is 32.0 Å². The molecule has 0 unspecified atom stereocenters. The van der Waals surface area contributed by atoms with Crippen molar-refractivity contribution in [1.29, 1.82) is 0 Å². The summed E-state index contributed by atoms with van der Waals surface area (Å²) in [6, 6.07) is 9.77. The maximum atomic E-state index is 12.4. The smallest absolute Gasteiger partial charge is 0.317 e. The van der Waals surface area contributed by atoms with E-state index in [1.54, 1.807) is 6.20 Å². The summed E-state index contributed by atoms with van der Waals surface area (Å²) < 4.78 is 14.4. The van der Waals surface area contributed by atoms with Crippen molar-refractivity contribution in [3.8, 4) is 0 Å². The van der Waals surface area contributed by atoms with Crippen molar-refractivity contribution < 1.29 is 9.53 Å². The lowest BCUT2D eigenvalue weighted by Gasteiger charge is -2.32. The average molecular weight is 383 g/mol. The third-order valence-corrected chi connectivity index (χ3v) is 5.26. The van der Waals surface area contributed by atoms with Crippen LogP contribution in [0.4, 0.5) is 4.79 Å². The number of carbonyl (C=O) groups is 1. The summed E-state index contributed by atoms with van der Waals surface area (Å²) in [6.07, 6.45) is 5.47. The zero-order valence-electron chi connectivity index (χ0n) is 14.9. The van der Waals surface area contributed by atoms with Crippen molar-refractivity contribution in [2.75, 3.05) is 13.1 Å². The van der Waals surface area contributed by atoms with E-state index in [1.165, 1.54) is 11.7 Å². The van der Waals surface area contributed by atoms with E-state index in [0.29, 0.717) is 26.2 Å². The second kappa shape index (κ2) is 8.41. The van der Waals surface area contributed by atoms with Gasteiger partial charge in [-0.05, 0) is 42.2 Å². The third kappa shape index (κ3) is 4.58. The number of likely N-dealkylation sites (tertiary alicyclic amines) is 1. The van der Waals surface area contributed by atoms with Gasteiger partial charge in [-0.1, -0.05) is 12.1 Å². The van der Waals surface area contributed by atoms with Crippen LogP contribution in [0.1, 0.15) is 24.0 Å². The molecule has 3 aromatic rings. The van der Waals surface area contributed by atoms with E-state index < -0.39 is 0 Å². The van der Waals surface area contributed by atoms with E-state index in [1.807, 2.05) is 41.4 Å². The molecule has 140 valence electrons. The van der Waals surface area contributed by atoms with Gasteiger partial charge in [-0.15, -0.1) is 0 Å². The minimum atomic E-state index is -0.0304. The molecule has 8 heteroatoms. The molecular formula is C19H21N5O2S. The molecule has 1 fully saturated rings. The number of pyridine rings is 1. The van der Waals surface area contributed by atoms with Crippen molar-refractivity contribution in [2.45, 2.75) is 32.1 Å². The van der Waals surface area contributed by atoms with Crippen LogP contribution >= 0.6 is 11.7 Å². The number of nitrogens with one attached hydrogen (secondary N) is 1. The van der Waals surface area contributed by atoms with Gasteiger partial charge in [0.25, 0.3) is 0 Å². The van der Waals surface area contributed by atoms with E-state index in [4.69, 9.17) is 4.74 Å². The van der Waals surface area contributed by atoms with Crippen molar-refractivity contribution in [2.24, 2.45) is 0 Å². The number of ether oxygens (including phenoxy) is 1. The number of piperidine rings is 1. The molecule has 0 atom stereocenters. The molecule has 2 aromatic heterocycles. The molecular weight excluding hydrogens is 362 g/mol. The van der Waals surface area contributed by atoms with Crippen LogP contribution < -0.4 is 5.32 Å². The zero-order valence-corrected chi connectivity index (χ0v) is 15.7. The first kappa shape index (κ1) is 17.8. The summed E-state index contributed by atoms with van der Waals surface area (Å²) in [4.78, 5) is 18.4. The lowest BCUT2D eigenvalue weighted by molar-refractivity contribution is 0.00434. The highest BCUT2D eigenvalue weighted by molar-refractivity contribution is 7.00. The van der Waals surface area contributed by atoms with Crippen molar-refractivity contribution >= 4 is 28.8 Å². The highest BCUT2D eigenvalue weighted by Crippen LogP contribution is 2.16. The Balaban J connectivity index is 1.21. The molecule has 7 nitrogen and oxygen atoms in total. The second-order valence-corrected chi connectivity index (χ2v) is 7.13. The van der Waals surface area contributed by atoms with Gasteiger partial charge in [0.15, 0.2) is 0 Å². The third-order valence-electron chi connectivity index (χ3n) is 4.70. The molecule has 0 aliphatic carbocycles. The Morgan fingerprint density at radius 1 is 1.19 bits per heavy atom. The fourth-order valence-corrected chi connectivity index (χ4v) is 3.67. The number of hydrogen-bond donors (Lipinski definition) is 1. The van der Waals surface area contributed by atoms with Gasteiger partial charge in [0.1, 0.15) is 11.0 Å². The number of rotatable bonds is 5. The summed E-state index contributed by atoms with van der Waals surface area (Å²) in [5, 5.41) is 2.99. The van der Waals surface area contributed by atoms with Crippen LogP contribution in [-0.4, -0.2) is 43.9 Å². The van der Waals surface area contributed by atoms with Gasteiger partial charge < -0.3 is 15.0 Å². The molecule has 1 saturated heterocycles. The Morgan fingerprint density at radius 2 is 2.04 bits per heavy atom. The Bertz CT molecular complexity index is 893. The first-order chi connectivity index (χ1) is 13.3. The van der Waals surface area contributed by atoms with E-state index in [0.717, 1.165) is 35.0 Å². The van der Waals surface area contributed by atoms with Gasteiger partial charge in [0.2, 0.25) is 0 Å². The van der Waals surface area contributed by atoms with E-state index in [-0.39, 0.29) is 12.1 Å². The molecule has 1 aliphatic heterocycles. The minimum absolute atomic E-state index is 0.0304. The Hall–Kier alpha value is -2.58. The number of urea groups is 1. The lowest BCUT2D eigenvalue weighted by Crippen LogP contribution is -2.45. The minimum Gasteiger partial charge on any atom is -0.373 e. The molecule has 0 radical (unpaired) electrons. The molecule has 1 aromatic carbocycles. The number of nitrogens with zero attached hydrogens (tertiary/aromatic N) is 4. The van der Waals surface area contributed by atoms with Gasteiger partial charge >= 0.3 is 6.03 Å². The summed E-state index contributed by atoms with van der Waals surface area (Å²) in [6.45, 7) is 2.47. The Labute approximate surface area is 161 Å². The number of carbonyl (C=O) groups excluding carboxylic acids is 1. The average Bonchev–Trinajstić information content (AvgIpc) is 3.19. The number of benzene rings is 1. The zero-order chi connectivity index (χ0) is 18.5. The molecule has 0 saturated carbocycles. The maximum Gasteiger partial charge on any atom is 0.317 e. The van der Waals surface area contributed by atoms with Crippen LogP contribution in [0, 0.1) is 0 Å². The Kier molecular flexibility index (Phi) is 5.55. The summed E-state index contributed by atoms with van der Waals surface area (Å²) in [5.74, 6) is 0.